The molecule has 0 spiro atoms. The maximum absolute atomic E-state index is 9.42. The Kier molecular flexibility index (Phi) is 1.48. The summed E-state index contributed by atoms with van der Waals surface area (Å²) in [4.78, 5) is 4.09. The first-order chi connectivity index (χ1) is 5.70. The van der Waals surface area contributed by atoms with Gasteiger partial charge in [0.15, 0.2) is 0 Å². The lowest BCUT2D eigenvalue weighted by Crippen LogP contribution is -1.91. The van der Waals surface area contributed by atoms with Crippen LogP contribution in [-0.2, 0) is 0 Å². The summed E-state index contributed by atoms with van der Waals surface area (Å²) in [6, 6.07) is 5.29. The summed E-state index contributed by atoms with van der Waals surface area (Å²) in [5.74, 6) is 0.540. The van der Waals surface area contributed by atoms with Crippen LogP contribution in [0.2, 0.25) is 5.02 Å². The Morgan fingerprint density at radius 1 is 1.50 bits per heavy atom. The molecule has 0 unspecified atom stereocenters. The maximum Gasteiger partial charge on any atom is 0.142 e. The molecule has 0 saturated heterocycles. The van der Waals surface area contributed by atoms with E-state index >= 15 is 0 Å². The van der Waals surface area contributed by atoms with Crippen LogP contribution < -0.4 is 0 Å². The molecule has 0 aliphatic rings. The van der Waals surface area contributed by atoms with Gasteiger partial charge in [0.05, 0.1) is 5.02 Å². The Hall–Kier alpha value is -1.22. The number of rotatable bonds is 0. The van der Waals surface area contributed by atoms with Gasteiger partial charge in [-0.15, -0.1) is 0 Å². The SMILES string of the molecule is Cc1nc2c(Cl)cccc2n1O. The molecule has 0 aliphatic carbocycles. The normalized spacial score (nSPS) is 10.8. The van der Waals surface area contributed by atoms with Crippen molar-refractivity contribution in [1.29, 1.82) is 0 Å². The fourth-order valence-electron chi connectivity index (χ4n) is 1.17. The Morgan fingerprint density at radius 3 is 2.92 bits per heavy atom. The largest absolute Gasteiger partial charge is 0.427 e. The van der Waals surface area contributed by atoms with E-state index < -0.39 is 0 Å². The molecule has 62 valence electrons. The van der Waals surface area contributed by atoms with Gasteiger partial charge in [0, 0.05) is 0 Å². The van der Waals surface area contributed by atoms with Crippen LogP contribution in [0.15, 0.2) is 18.2 Å². The van der Waals surface area contributed by atoms with Gasteiger partial charge in [0.1, 0.15) is 16.9 Å². The molecule has 1 heterocycles. The van der Waals surface area contributed by atoms with E-state index in [0.717, 1.165) is 4.73 Å². The van der Waals surface area contributed by atoms with Gasteiger partial charge < -0.3 is 5.21 Å². The Bertz CT molecular complexity index is 436. The zero-order valence-electron chi connectivity index (χ0n) is 6.45. The van der Waals surface area contributed by atoms with Crippen LogP contribution in [0, 0.1) is 6.92 Å². The van der Waals surface area contributed by atoms with Gasteiger partial charge >= 0.3 is 0 Å². The van der Waals surface area contributed by atoms with Gasteiger partial charge in [0.25, 0.3) is 0 Å². The quantitative estimate of drug-likeness (QED) is 0.635. The molecule has 12 heavy (non-hydrogen) atoms. The molecule has 1 aromatic heterocycles. The van der Waals surface area contributed by atoms with Gasteiger partial charge in [-0.25, -0.2) is 4.98 Å². The molecule has 4 heteroatoms. The zero-order chi connectivity index (χ0) is 8.72. The Balaban J connectivity index is 2.95. The van der Waals surface area contributed by atoms with Crippen molar-refractivity contribution in [3.05, 3.63) is 29.0 Å². The van der Waals surface area contributed by atoms with Crippen molar-refractivity contribution in [2.45, 2.75) is 6.92 Å². The number of imidazole rings is 1. The van der Waals surface area contributed by atoms with Crippen molar-refractivity contribution in [2.24, 2.45) is 0 Å². The van der Waals surface area contributed by atoms with Crippen molar-refractivity contribution in [3.63, 3.8) is 0 Å². The minimum atomic E-state index is 0.540. The van der Waals surface area contributed by atoms with Crippen LogP contribution >= 0.6 is 11.6 Å². The lowest BCUT2D eigenvalue weighted by Gasteiger charge is -1.93. The highest BCUT2D eigenvalue weighted by Gasteiger charge is 2.07. The third-order valence-electron chi connectivity index (χ3n) is 1.77. The van der Waals surface area contributed by atoms with E-state index in [2.05, 4.69) is 4.98 Å². The van der Waals surface area contributed by atoms with Gasteiger partial charge in [0.2, 0.25) is 0 Å². The molecule has 2 rings (SSSR count). The fraction of sp³-hybridized carbons (Fsp3) is 0.125. The Labute approximate surface area is 74.2 Å². The predicted octanol–water partition coefficient (Wildman–Crippen LogP) is 2.24. The van der Waals surface area contributed by atoms with Crippen molar-refractivity contribution >= 4 is 22.6 Å². The monoisotopic (exact) mass is 182 g/mol. The van der Waals surface area contributed by atoms with E-state index in [4.69, 9.17) is 11.6 Å². The van der Waals surface area contributed by atoms with Gasteiger partial charge in [-0.3, -0.25) is 0 Å². The minimum Gasteiger partial charge on any atom is -0.427 e. The highest BCUT2D eigenvalue weighted by atomic mass is 35.5. The number of nitrogens with zero attached hydrogens (tertiary/aromatic N) is 2. The molecule has 1 N–H and O–H groups in total. The summed E-state index contributed by atoms with van der Waals surface area (Å²) >= 11 is 5.86. The van der Waals surface area contributed by atoms with E-state index in [1.54, 1.807) is 25.1 Å². The van der Waals surface area contributed by atoms with Crippen LogP contribution in [0.1, 0.15) is 5.82 Å². The third kappa shape index (κ3) is 0.865. The molecule has 0 saturated carbocycles. The van der Waals surface area contributed by atoms with Gasteiger partial charge in [-0.05, 0) is 19.1 Å². The first-order valence-electron chi connectivity index (χ1n) is 3.53. The van der Waals surface area contributed by atoms with E-state index in [0.29, 0.717) is 21.9 Å². The molecule has 1 aromatic carbocycles. The average Bonchev–Trinajstić information content (AvgIpc) is 2.32. The number of aromatic nitrogens is 2. The molecule has 0 aliphatic heterocycles. The highest BCUT2D eigenvalue weighted by Crippen LogP contribution is 2.22. The molecule has 0 fully saturated rings. The van der Waals surface area contributed by atoms with Crippen LogP contribution in [-0.4, -0.2) is 14.9 Å². The minimum absolute atomic E-state index is 0.540. The lowest BCUT2D eigenvalue weighted by molar-refractivity contribution is 0.191. The number of hydrogen-bond donors (Lipinski definition) is 1. The summed E-state index contributed by atoms with van der Waals surface area (Å²) in [6.45, 7) is 1.72. The smallest absolute Gasteiger partial charge is 0.142 e. The molecule has 0 radical (unpaired) electrons. The van der Waals surface area contributed by atoms with Crippen molar-refractivity contribution in [1.82, 2.24) is 9.71 Å². The molecule has 3 nitrogen and oxygen atoms in total. The summed E-state index contributed by atoms with van der Waals surface area (Å²) in [5.41, 5.74) is 1.28. The van der Waals surface area contributed by atoms with Crippen LogP contribution in [0.25, 0.3) is 11.0 Å². The first kappa shape index (κ1) is 7.43. The van der Waals surface area contributed by atoms with E-state index in [1.807, 2.05) is 0 Å². The second-order valence-electron chi connectivity index (χ2n) is 2.58. The van der Waals surface area contributed by atoms with Gasteiger partial charge in [-0.1, -0.05) is 17.7 Å². The van der Waals surface area contributed by atoms with Crippen LogP contribution in [0.3, 0.4) is 0 Å². The van der Waals surface area contributed by atoms with Crippen molar-refractivity contribution < 1.29 is 5.21 Å². The summed E-state index contributed by atoms with van der Waals surface area (Å²) < 4.78 is 1.03. The van der Waals surface area contributed by atoms with E-state index in [9.17, 15) is 5.21 Å². The fourth-order valence-corrected chi connectivity index (χ4v) is 1.38. The number of halogens is 1. The first-order valence-corrected chi connectivity index (χ1v) is 3.91. The second-order valence-corrected chi connectivity index (χ2v) is 2.99. The number of aryl methyl sites for hydroxylation is 1. The zero-order valence-corrected chi connectivity index (χ0v) is 7.21. The van der Waals surface area contributed by atoms with E-state index in [1.165, 1.54) is 0 Å². The molecular formula is C8H7ClN2O. The maximum atomic E-state index is 9.42. The third-order valence-corrected chi connectivity index (χ3v) is 2.08. The summed E-state index contributed by atoms with van der Waals surface area (Å²) in [6.07, 6.45) is 0. The number of benzene rings is 1. The van der Waals surface area contributed by atoms with Gasteiger partial charge in [-0.2, -0.15) is 4.73 Å². The lowest BCUT2D eigenvalue weighted by atomic mass is 10.3. The average molecular weight is 183 g/mol. The molecule has 0 amide bonds. The summed E-state index contributed by atoms with van der Waals surface area (Å²) in [7, 11) is 0. The molecule has 2 aromatic rings. The van der Waals surface area contributed by atoms with Crippen molar-refractivity contribution in [2.75, 3.05) is 0 Å². The highest BCUT2D eigenvalue weighted by molar-refractivity contribution is 6.34. The standard InChI is InChI=1S/C8H7ClN2O/c1-5-10-8-6(9)3-2-4-7(8)11(5)12/h2-4,12H,1H3. The van der Waals surface area contributed by atoms with Crippen LogP contribution in [0.4, 0.5) is 0 Å². The second kappa shape index (κ2) is 2.38. The summed E-state index contributed by atoms with van der Waals surface area (Å²) in [5, 5.41) is 9.98. The Morgan fingerprint density at radius 2 is 2.25 bits per heavy atom. The van der Waals surface area contributed by atoms with E-state index in [-0.39, 0.29) is 0 Å². The predicted molar refractivity (Wildman–Crippen MR) is 46.7 cm³/mol. The van der Waals surface area contributed by atoms with Crippen LogP contribution in [0.5, 0.6) is 0 Å². The molecule has 0 bridgehead atoms. The number of fused-ring (bicyclic) bond motifs is 1. The van der Waals surface area contributed by atoms with Crippen molar-refractivity contribution in [3.8, 4) is 0 Å². The molecule has 0 atom stereocenters. The number of hydrogen-bond acceptors (Lipinski definition) is 2. The topological polar surface area (TPSA) is 38.0 Å². The molecular weight excluding hydrogens is 176 g/mol. The number of para-hydroxylation sites is 1.